The van der Waals surface area contributed by atoms with Gasteiger partial charge in [0.2, 0.25) is 5.91 Å². The van der Waals surface area contributed by atoms with E-state index >= 15 is 0 Å². The standard InChI is InChI=1S/C14H26N2O3/c1-3-14(4-6-15-7-5-14)13(18)16-8-12(9-17)19-10-11(16)2/h11-12,15,17H,3-10H2,1-2H3. The minimum atomic E-state index is -0.226. The Hall–Kier alpha value is -0.650. The Labute approximate surface area is 115 Å². The van der Waals surface area contributed by atoms with E-state index in [4.69, 9.17) is 4.74 Å². The summed E-state index contributed by atoms with van der Waals surface area (Å²) in [6.07, 6.45) is 2.49. The van der Waals surface area contributed by atoms with Crippen molar-refractivity contribution in [1.82, 2.24) is 10.2 Å². The molecule has 0 aromatic carbocycles. The molecule has 2 aliphatic rings. The van der Waals surface area contributed by atoms with Gasteiger partial charge in [-0.1, -0.05) is 6.92 Å². The minimum Gasteiger partial charge on any atom is -0.394 e. The van der Waals surface area contributed by atoms with Crippen LogP contribution in [0.5, 0.6) is 0 Å². The van der Waals surface area contributed by atoms with Crippen molar-refractivity contribution in [3.05, 3.63) is 0 Å². The summed E-state index contributed by atoms with van der Waals surface area (Å²) in [4.78, 5) is 14.9. The van der Waals surface area contributed by atoms with Crippen LogP contribution in [0.25, 0.3) is 0 Å². The number of hydrogen-bond donors (Lipinski definition) is 2. The third-order valence-corrected chi connectivity index (χ3v) is 4.66. The molecule has 2 saturated heterocycles. The highest BCUT2D eigenvalue weighted by atomic mass is 16.5. The number of nitrogens with zero attached hydrogens (tertiary/aromatic N) is 1. The van der Waals surface area contributed by atoms with E-state index in [9.17, 15) is 9.90 Å². The second-order valence-corrected chi connectivity index (χ2v) is 5.83. The smallest absolute Gasteiger partial charge is 0.229 e. The zero-order valence-electron chi connectivity index (χ0n) is 12.0. The average Bonchev–Trinajstić information content (AvgIpc) is 2.47. The summed E-state index contributed by atoms with van der Waals surface area (Å²) in [5.74, 6) is 0.255. The number of piperidine rings is 1. The summed E-state index contributed by atoms with van der Waals surface area (Å²) in [5, 5.41) is 12.6. The largest absolute Gasteiger partial charge is 0.394 e. The van der Waals surface area contributed by atoms with Crippen molar-refractivity contribution in [2.45, 2.75) is 45.3 Å². The van der Waals surface area contributed by atoms with Gasteiger partial charge < -0.3 is 20.1 Å². The Balaban J connectivity index is 2.11. The molecule has 2 fully saturated rings. The van der Waals surface area contributed by atoms with Crippen LogP contribution in [0, 0.1) is 5.41 Å². The van der Waals surface area contributed by atoms with Crippen molar-refractivity contribution in [3.63, 3.8) is 0 Å². The molecule has 0 aliphatic carbocycles. The first-order chi connectivity index (χ1) is 9.13. The van der Waals surface area contributed by atoms with E-state index in [1.807, 2.05) is 11.8 Å². The summed E-state index contributed by atoms with van der Waals surface area (Å²) < 4.78 is 5.52. The van der Waals surface area contributed by atoms with Crippen molar-refractivity contribution in [3.8, 4) is 0 Å². The van der Waals surface area contributed by atoms with Gasteiger partial charge >= 0.3 is 0 Å². The molecule has 2 unspecified atom stereocenters. The van der Waals surface area contributed by atoms with E-state index in [1.165, 1.54) is 0 Å². The van der Waals surface area contributed by atoms with E-state index < -0.39 is 0 Å². The highest BCUT2D eigenvalue weighted by Crippen LogP contribution is 2.36. The zero-order chi connectivity index (χ0) is 13.9. The average molecular weight is 270 g/mol. The fourth-order valence-electron chi connectivity index (χ4n) is 3.14. The van der Waals surface area contributed by atoms with E-state index in [0.717, 1.165) is 32.4 Å². The van der Waals surface area contributed by atoms with E-state index in [-0.39, 0.29) is 30.1 Å². The van der Waals surface area contributed by atoms with Gasteiger partial charge in [-0.15, -0.1) is 0 Å². The van der Waals surface area contributed by atoms with Gasteiger partial charge in [-0.2, -0.15) is 0 Å². The van der Waals surface area contributed by atoms with Crippen molar-refractivity contribution in [1.29, 1.82) is 0 Å². The lowest BCUT2D eigenvalue weighted by Crippen LogP contribution is -2.57. The molecule has 0 spiro atoms. The predicted molar refractivity (Wildman–Crippen MR) is 72.8 cm³/mol. The third kappa shape index (κ3) is 2.93. The van der Waals surface area contributed by atoms with Crippen LogP contribution in [0.4, 0.5) is 0 Å². The second-order valence-electron chi connectivity index (χ2n) is 5.83. The Morgan fingerprint density at radius 3 is 2.74 bits per heavy atom. The van der Waals surface area contributed by atoms with Crippen LogP contribution in [-0.2, 0) is 9.53 Å². The summed E-state index contributed by atoms with van der Waals surface area (Å²) in [6, 6.07) is 0.105. The van der Waals surface area contributed by atoms with Crippen LogP contribution in [0.15, 0.2) is 0 Å². The fraction of sp³-hybridized carbons (Fsp3) is 0.929. The first-order valence-electron chi connectivity index (χ1n) is 7.37. The molecule has 2 rings (SSSR count). The van der Waals surface area contributed by atoms with Gasteiger partial charge in [0, 0.05) is 6.54 Å². The maximum absolute atomic E-state index is 12.9. The van der Waals surface area contributed by atoms with Crippen LogP contribution < -0.4 is 5.32 Å². The monoisotopic (exact) mass is 270 g/mol. The molecular formula is C14H26N2O3. The molecule has 1 amide bonds. The van der Waals surface area contributed by atoms with Crippen molar-refractivity contribution in [2.24, 2.45) is 5.41 Å². The highest BCUT2D eigenvalue weighted by molar-refractivity contribution is 5.83. The van der Waals surface area contributed by atoms with Crippen LogP contribution in [0.2, 0.25) is 0 Å². The normalized spacial score (nSPS) is 31.2. The van der Waals surface area contributed by atoms with Gasteiger partial charge in [0.15, 0.2) is 0 Å². The number of carbonyl (C=O) groups is 1. The van der Waals surface area contributed by atoms with Crippen molar-refractivity contribution in [2.75, 3.05) is 32.8 Å². The van der Waals surface area contributed by atoms with Crippen LogP contribution >= 0.6 is 0 Å². The summed E-state index contributed by atoms with van der Waals surface area (Å²) in [7, 11) is 0. The second kappa shape index (κ2) is 6.20. The quantitative estimate of drug-likeness (QED) is 0.778. The molecular weight excluding hydrogens is 244 g/mol. The molecule has 2 heterocycles. The number of aliphatic hydroxyl groups is 1. The summed E-state index contributed by atoms with van der Waals surface area (Å²) in [5.41, 5.74) is -0.211. The lowest BCUT2D eigenvalue weighted by molar-refractivity contribution is -0.158. The van der Waals surface area contributed by atoms with Crippen LogP contribution in [0.3, 0.4) is 0 Å². The number of carbonyl (C=O) groups excluding carboxylic acids is 1. The maximum atomic E-state index is 12.9. The van der Waals surface area contributed by atoms with Gasteiger partial charge in [-0.25, -0.2) is 0 Å². The molecule has 0 aromatic heterocycles. The van der Waals surface area contributed by atoms with E-state index in [0.29, 0.717) is 13.2 Å². The van der Waals surface area contributed by atoms with E-state index in [2.05, 4.69) is 12.2 Å². The number of amides is 1. The SMILES string of the molecule is CCC1(C(=O)N2CC(CO)OCC2C)CCNCC1. The van der Waals surface area contributed by atoms with Crippen LogP contribution in [-0.4, -0.2) is 60.9 Å². The Morgan fingerprint density at radius 1 is 1.47 bits per heavy atom. The van der Waals surface area contributed by atoms with Gasteiger partial charge in [0.25, 0.3) is 0 Å². The highest BCUT2D eigenvalue weighted by Gasteiger charge is 2.43. The molecule has 0 aromatic rings. The number of aliphatic hydroxyl groups excluding tert-OH is 1. The molecule has 0 radical (unpaired) electrons. The number of ether oxygens (including phenoxy) is 1. The van der Waals surface area contributed by atoms with Gasteiger partial charge in [0.1, 0.15) is 0 Å². The Bertz CT molecular complexity index is 316. The lowest BCUT2D eigenvalue weighted by atomic mass is 9.75. The Kier molecular flexibility index (Phi) is 4.81. The molecule has 19 heavy (non-hydrogen) atoms. The Morgan fingerprint density at radius 2 is 2.16 bits per heavy atom. The van der Waals surface area contributed by atoms with E-state index in [1.54, 1.807) is 0 Å². The zero-order valence-corrected chi connectivity index (χ0v) is 12.0. The van der Waals surface area contributed by atoms with Crippen LogP contribution in [0.1, 0.15) is 33.1 Å². The molecule has 0 saturated carbocycles. The van der Waals surface area contributed by atoms with Crippen molar-refractivity contribution < 1.29 is 14.6 Å². The molecule has 5 nitrogen and oxygen atoms in total. The number of hydrogen-bond acceptors (Lipinski definition) is 4. The maximum Gasteiger partial charge on any atom is 0.229 e. The number of rotatable bonds is 3. The van der Waals surface area contributed by atoms with Gasteiger partial charge in [0.05, 0.1) is 30.8 Å². The molecule has 110 valence electrons. The van der Waals surface area contributed by atoms with Gasteiger partial charge in [-0.3, -0.25) is 4.79 Å². The molecule has 2 atom stereocenters. The number of morpholine rings is 1. The predicted octanol–water partition coefficient (Wildman–Crippen LogP) is 0.374. The molecule has 2 aliphatic heterocycles. The lowest BCUT2D eigenvalue weighted by Gasteiger charge is -2.44. The first-order valence-corrected chi connectivity index (χ1v) is 7.37. The fourth-order valence-corrected chi connectivity index (χ4v) is 3.14. The molecule has 5 heteroatoms. The summed E-state index contributed by atoms with van der Waals surface area (Å²) in [6.45, 7) is 7.00. The molecule has 0 bridgehead atoms. The third-order valence-electron chi connectivity index (χ3n) is 4.66. The van der Waals surface area contributed by atoms with Gasteiger partial charge in [-0.05, 0) is 39.3 Å². The minimum absolute atomic E-state index is 0.0167. The topological polar surface area (TPSA) is 61.8 Å². The van der Waals surface area contributed by atoms with Crippen molar-refractivity contribution >= 4 is 5.91 Å². The summed E-state index contributed by atoms with van der Waals surface area (Å²) >= 11 is 0. The first kappa shape index (κ1) is 14.8. The number of nitrogens with one attached hydrogen (secondary N) is 1. The molecule has 2 N–H and O–H groups in total.